The van der Waals surface area contributed by atoms with Crippen LogP contribution in [0.4, 0.5) is 0 Å². The molecular formula is C27H28N3O4+. The number of phenols is 1. The van der Waals surface area contributed by atoms with E-state index in [1.165, 1.54) is 5.56 Å². The van der Waals surface area contributed by atoms with Crippen molar-refractivity contribution < 1.29 is 23.9 Å². The van der Waals surface area contributed by atoms with E-state index in [4.69, 9.17) is 14.2 Å². The van der Waals surface area contributed by atoms with Gasteiger partial charge in [-0.2, -0.15) is 4.57 Å². The van der Waals surface area contributed by atoms with Crippen molar-refractivity contribution >= 4 is 10.8 Å². The van der Waals surface area contributed by atoms with Crippen molar-refractivity contribution in [3.63, 3.8) is 0 Å². The SMILES string of the molecule is CCCCc1nccn1Cc1cc(OC)c(O)c2c[n+]3c(cc12)-c1cc2c(cc1CC3)OCO2. The molecule has 0 unspecified atom stereocenters. The number of aromatic hydroxyl groups is 1. The Balaban J connectivity index is 1.51. The average molecular weight is 459 g/mol. The molecule has 0 radical (unpaired) electrons. The Morgan fingerprint density at radius 1 is 1.15 bits per heavy atom. The van der Waals surface area contributed by atoms with E-state index >= 15 is 0 Å². The summed E-state index contributed by atoms with van der Waals surface area (Å²) >= 11 is 0. The zero-order valence-electron chi connectivity index (χ0n) is 19.5. The van der Waals surface area contributed by atoms with Crippen molar-refractivity contribution in [2.75, 3.05) is 13.9 Å². The van der Waals surface area contributed by atoms with Crippen LogP contribution in [0, 0.1) is 0 Å². The van der Waals surface area contributed by atoms with Crippen LogP contribution in [0.1, 0.15) is 36.7 Å². The molecule has 0 atom stereocenters. The summed E-state index contributed by atoms with van der Waals surface area (Å²) in [5.74, 6) is 3.33. The maximum Gasteiger partial charge on any atom is 0.231 e. The number of hydrogen-bond acceptors (Lipinski definition) is 5. The van der Waals surface area contributed by atoms with Crippen molar-refractivity contribution in [1.82, 2.24) is 9.55 Å². The number of ether oxygens (including phenoxy) is 3. The number of imidazole rings is 1. The number of hydrogen-bond donors (Lipinski definition) is 1. The summed E-state index contributed by atoms with van der Waals surface area (Å²) in [6.07, 6.45) is 10.0. The summed E-state index contributed by atoms with van der Waals surface area (Å²) in [7, 11) is 1.60. The molecule has 0 amide bonds. The molecule has 4 aromatic rings. The van der Waals surface area contributed by atoms with E-state index in [-0.39, 0.29) is 12.5 Å². The van der Waals surface area contributed by atoms with Crippen LogP contribution in [-0.2, 0) is 25.9 Å². The largest absolute Gasteiger partial charge is 0.504 e. The number of pyridine rings is 1. The number of phenolic OH excluding ortho intramolecular Hbond substituents is 1. The normalized spacial score (nSPS) is 13.7. The molecule has 174 valence electrons. The minimum absolute atomic E-state index is 0.171. The van der Waals surface area contributed by atoms with E-state index in [0.717, 1.165) is 77.1 Å². The van der Waals surface area contributed by atoms with Gasteiger partial charge < -0.3 is 23.9 Å². The molecule has 0 aliphatic carbocycles. The van der Waals surface area contributed by atoms with E-state index in [9.17, 15) is 5.11 Å². The van der Waals surface area contributed by atoms with Crippen LogP contribution in [0.15, 0.2) is 42.9 Å². The molecule has 0 spiro atoms. The van der Waals surface area contributed by atoms with Gasteiger partial charge in [0.25, 0.3) is 0 Å². The molecule has 0 bridgehead atoms. The first-order valence-electron chi connectivity index (χ1n) is 11.8. The quantitative estimate of drug-likeness (QED) is 0.434. The van der Waals surface area contributed by atoms with Crippen molar-refractivity contribution in [1.29, 1.82) is 0 Å². The number of nitrogens with zero attached hydrogens (tertiary/aromatic N) is 3. The van der Waals surface area contributed by atoms with Crippen molar-refractivity contribution in [3.8, 4) is 34.3 Å². The number of aromatic nitrogens is 3. The second-order valence-electron chi connectivity index (χ2n) is 8.95. The molecule has 1 N–H and O–H groups in total. The van der Waals surface area contributed by atoms with Gasteiger partial charge in [-0.15, -0.1) is 0 Å². The molecule has 0 fully saturated rings. The van der Waals surface area contributed by atoms with Gasteiger partial charge >= 0.3 is 0 Å². The van der Waals surface area contributed by atoms with Crippen molar-refractivity contribution in [2.45, 2.75) is 45.7 Å². The fourth-order valence-electron chi connectivity index (χ4n) is 5.09. The lowest BCUT2D eigenvalue weighted by molar-refractivity contribution is -0.686. The van der Waals surface area contributed by atoms with Gasteiger partial charge in [0.2, 0.25) is 12.5 Å². The monoisotopic (exact) mass is 458 g/mol. The molecule has 2 aliphatic heterocycles. The molecule has 2 aliphatic rings. The van der Waals surface area contributed by atoms with Gasteiger partial charge in [-0.25, -0.2) is 4.98 Å². The topological polar surface area (TPSA) is 69.6 Å². The van der Waals surface area contributed by atoms with Crippen LogP contribution in [-0.4, -0.2) is 28.6 Å². The zero-order valence-corrected chi connectivity index (χ0v) is 19.5. The van der Waals surface area contributed by atoms with Crippen LogP contribution < -0.4 is 18.8 Å². The predicted molar refractivity (Wildman–Crippen MR) is 128 cm³/mol. The zero-order chi connectivity index (χ0) is 23.2. The Kier molecular flexibility index (Phi) is 5.05. The summed E-state index contributed by atoms with van der Waals surface area (Å²) < 4.78 is 21.2. The fourth-order valence-corrected chi connectivity index (χ4v) is 5.09. The highest BCUT2D eigenvalue weighted by Gasteiger charge is 2.29. The highest BCUT2D eigenvalue weighted by Crippen LogP contribution is 2.42. The highest BCUT2D eigenvalue weighted by atomic mass is 16.7. The van der Waals surface area contributed by atoms with E-state index in [2.05, 4.69) is 39.2 Å². The lowest BCUT2D eigenvalue weighted by Crippen LogP contribution is -2.40. The summed E-state index contributed by atoms with van der Waals surface area (Å²) in [5.41, 5.74) is 4.58. The molecule has 0 saturated carbocycles. The molecule has 0 saturated heterocycles. The van der Waals surface area contributed by atoms with Gasteiger partial charge in [0.05, 0.1) is 18.1 Å². The van der Waals surface area contributed by atoms with Crippen LogP contribution in [0.25, 0.3) is 22.0 Å². The third kappa shape index (κ3) is 3.34. The van der Waals surface area contributed by atoms with Crippen LogP contribution in [0.3, 0.4) is 0 Å². The van der Waals surface area contributed by atoms with Crippen LogP contribution in [0.2, 0.25) is 0 Å². The molecule has 4 heterocycles. The number of fused-ring (bicyclic) bond motifs is 5. The minimum atomic E-state index is 0.171. The van der Waals surface area contributed by atoms with Crippen LogP contribution in [0.5, 0.6) is 23.0 Å². The molecule has 2 aromatic heterocycles. The smallest absolute Gasteiger partial charge is 0.231 e. The molecule has 2 aromatic carbocycles. The van der Waals surface area contributed by atoms with Gasteiger partial charge in [0.1, 0.15) is 5.82 Å². The van der Waals surface area contributed by atoms with Gasteiger partial charge in [0.15, 0.2) is 35.7 Å². The van der Waals surface area contributed by atoms with Gasteiger partial charge in [-0.1, -0.05) is 13.3 Å². The lowest BCUT2D eigenvalue weighted by atomic mass is 9.94. The summed E-state index contributed by atoms with van der Waals surface area (Å²) in [4.78, 5) is 4.58. The first-order chi connectivity index (χ1) is 16.7. The highest BCUT2D eigenvalue weighted by molar-refractivity contribution is 5.94. The Morgan fingerprint density at radius 3 is 2.82 bits per heavy atom. The molecule has 7 heteroatoms. The predicted octanol–water partition coefficient (Wildman–Crippen LogP) is 4.38. The molecule has 7 nitrogen and oxygen atoms in total. The Morgan fingerprint density at radius 2 is 2.00 bits per heavy atom. The third-order valence-corrected chi connectivity index (χ3v) is 6.92. The standard InChI is InChI=1S/C27H27N3O4/c1-3-4-5-26-28-7-9-30(26)14-18-11-25(32-2)27(31)21-15-29-8-6-17-10-23-24(34-16-33-23)13-20(17)22(29)12-19(18)21/h7,9-13,15H,3-6,8,14,16H2,1-2H3/p+1. The van der Waals surface area contributed by atoms with E-state index < -0.39 is 0 Å². The average Bonchev–Trinajstić information content (AvgIpc) is 3.50. The van der Waals surface area contributed by atoms with Crippen molar-refractivity contribution in [2.24, 2.45) is 0 Å². The molecule has 6 rings (SSSR count). The fraction of sp³-hybridized carbons (Fsp3) is 0.333. The van der Waals surface area contributed by atoms with E-state index in [1.807, 2.05) is 24.7 Å². The first kappa shape index (κ1) is 20.8. The Bertz CT molecular complexity index is 1410. The summed E-state index contributed by atoms with van der Waals surface area (Å²) in [5, 5.41) is 12.8. The summed E-state index contributed by atoms with van der Waals surface area (Å²) in [6, 6.07) is 8.31. The second-order valence-corrected chi connectivity index (χ2v) is 8.95. The molecule has 34 heavy (non-hydrogen) atoms. The lowest BCUT2D eigenvalue weighted by Gasteiger charge is -2.18. The van der Waals surface area contributed by atoms with Gasteiger partial charge in [0, 0.05) is 43.2 Å². The Labute approximate surface area is 198 Å². The van der Waals surface area contributed by atoms with E-state index in [0.29, 0.717) is 12.3 Å². The number of methoxy groups -OCH3 is 1. The maximum atomic E-state index is 11.0. The number of unbranched alkanes of at least 4 members (excludes halogenated alkanes) is 1. The van der Waals surface area contributed by atoms with Crippen molar-refractivity contribution in [3.05, 3.63) is 59.8 Å². The summed E-state index contributed by atoms with van der Waals surface area (Å²) in [6.45, 7) is 3.94. The number of benzene rings is 2. The Hall–Kier alpha value is -3.74. The first-order valence-corrected chi connectivity index (χ1v) is 11.8. The second kappa shape index (κ2) is 8.24. The maximum absolute atomic E-state index is 11.0. The van der Waals surface area contributed by atoms with Gasteiger partial charge in [-0.05, 0) is 35.7 Å². The van der Waals surface area contributed by atoms with E-state index in [1.54, 1.807) is 7.11 Å². The minimum Gasteiger partial charge on any atom is -0.504 e. The van der Waals surface area contributed by atoms with Crippen LogP contribution >= 0.6 is 0 Å². The molecular weight excluding hydrogens is 430 g/mol. The third-order valence-electron chi connectivity index (χ3n) is 6.92. The number of aryl methyl sites for hydroxylation is 3. The van der Waals surface area contributed by atoms with Gasteiger partial charge in [-0.3, -0.25) is 0 Å². The number of rotatable bonds is 6.